The van der Waals surface area contributed by atoms with Gasteiger partial charge in [0.2, 0.25) is 0 Å². The summed E-state index contributed by atoms with van der Waals surface area (Å²) in [7, 11) is 0. The van der Waals surface area contributed by atoms with Crippen LogP contribution in [0, 0.1) is 0 Å². The van der Waals surface area contributed by atoms with Gasteiger partial charge >= 0.3 is 11.7 Å². The van der Waals surface area contributed by atoms with Crippen molar-refractivity contribution in [1.82, 2.24) is 19.2 Å². The SMILES string of the molecule is CC(C)(C)n1nc2c(Cl)nc(C3(C(=O)O)CCCC3)cn2c1=O. The Morgan fingerprint density at radius 1 is 1.35 bits per heavy atom. The van der Waals surface area contributed by atoms with E-state index >= 15 is 0 Å². The summed E-state index contributed by atoms with van der Waals surface area (Å²) < 4.78 is 2.64. The molecular weight excluding hydrogens is 320 g/mol. The van der Waals surface area contributed by atoms with Crippen molar-refractivity contribution in [1.29, 1.82) is 0 Å². The topological polar surface area (TPSA) is 89.5 Å². The highest BCUT2D eigenvalue weighted by atomic mass is 35.5. The van der Waals surface area contributed by atoms with Gasteiger partial charge in [-0.25, -0.2) is 18.9 Å². The molecule has 0 atom stereocenters. The first-order valence-corrected chi connectivity index (χ1v) is 7.97. The van der Waals surface area contributed by atoms with Gasteiger partial charge in [0.15, 0.2) is 10.8 Å². The third kappa shape index (κ3) is 2.34. The number of carbonyl (C=O) groups is 1. The van der Waals surface area contributed by atoms with Crippen molar-refractivity contribution in [3.63, 3.8) is 0 Å². The van der Waals surface area contributed by atoms with Crippen LogP contribution < -0.4 is 5.69 Å². The van der Waals surface area contributed by atoms with Gasteiger partial charge in [-0.2, -0.15) is 0 Å². The van der Waals surface area contributed by atoms with Crippen molar-refractivity contribution in [2.24, 2.45) is 0 Å². The molecule has 0 saturated heterocycles. The lowest BCUT2D eigenvalue weighted by Gasteiger charge is -2.23. The highest BCUT2D eigenvalue weighted by Crippen LogP contribution is 2.41. The molecule has 1 aliphatic carbocycles. The van der Waals surface area contributed by atoms with Crippen molar-refractivity contribution in [3.05, 3.63) is 27.5 Å². The molecule has 3 rings (SSSR count). The molecule has 7 nitrogen and oxygen atoms in total. The molecule has 1 saturated carbocycles. The molecule has 1 N–H and O–H groups in total. The fourth-order valence-electron chi connectivity index (χ4n) is 3.17. The van der Waals surface area contributed by atoms with Crippen LogP contribution in [-0.4, -0.2) is 30.2 Å². The van der Waals surface area contributed by atoms with Crippen molar-refractivity contribution in [2.45, 2.75) is 57.4 Å². The minimum atomic E-state index is -1.07. The number of carboxylic acid groups (broad SMARTS) is 1. The van der Waals surface area contributed by atoms with Gasteiger partial charge in [-0.3, -0.25) is 4.79 Å². The number of rotatable bonds is 2. The summed E-state index contributed by atoms with van der Waals surface area (Å²) in [6.07, 6.45) is 4.12. The smallest absolute Gasteiger partial charge is 0.350 e. The Balaban J connectivity index is 2.28. The lowest BCUT2D eigenvalue weighted by Crippen LogP contribution is -2.36. The molecule has 0 aromatic carbocycles. The van der Waals surface area contributed by atoms with Crippen molar-refractivity contribution < 1.29 is 9.90 Å². The van der Waals surface area contributed by atoms with Crippen LogP contribution in [0.2, 0.25) is 5.15 Å². The molecule has 1 aliphatic rings. The van der Waals surface area contributed by atoms with E-state index in [9.17, 15) is 14.7 Å². The van der Waals surface area contributed by atoms with E-state index < -0.39 is 16.9 Å². The fourth-order valence-corrected chi connectivity index (χ4v) is 3.39. The standard InChI is InChI=1S/C15H19ClN4O3/c1-14(2,3)20-13(23)19-8-9(17-10(16)11(19)18-20)15(12(21)22)6-4-5-7-15/h8H,4-7H2,1-3H3,(H,21,22). The number of hydrogen-bond acceptors (Lipinski definition) is 4. The second kappa shape index (κ2) is 5.06. The second-order valence-electron chi connectivity index (χ2n) is 7.07. The number of halogens is 1. The summed E-state index contributed by atoms with van der Waals surface area (Å²) in [5.74, 6) is -0.922. The Morgan fingerprint density at radius 2 is 1.96 bits per heavy atom. The van der Waals surface area contributed by atoms with Crippen LogP contribution in [0.15, 0.2) is 11.0 Å². The molecule has 2 aromatic rings. The quantitative estimate of drug-likeness (QED) is 0.906. The van der Waals surface area contributed by atoms with Crippen LogP contribution in [0.25, 0.3) is 5.65 Å². The summed E-state index contributed by atoms with van der Waals surface area (Å²) in [6.45, 7) is 5.58. The zero-order valence-corrected chi connectivity index (χ0v) is 14.1. The van der Waals surface area contributed by atoms with Crippen molar-refractivity contribution in [3.8, 4) is 0 Å². The number of fused-ring (bicyclic) bond motifs is 1. The Bertz CT molecular complexity index is 841. The highest BCUT2D eigenvalue weighted by Gasteiger charge is 2.45. The molecule has 23 heavy (non-hydrogen) atoms. The average molecular weight is 339 g/mol. The number of aliphatic carboxylic acids is 1. The molecule has 0 bridgehead atoms. The zero-order chi connectivity index (χ0) is 17.0. The number of hydrogen-bond donors (Lipinski definition) is 1. The van der Waals surface area contributed by atoms with Gasteiger partial charge in [-0.15, -0.1) is 5.10 Å². The van der Waals surface area contributed by atoms with E-state index in [0.717, 1.165) is 12.8 Å². The lowest BCUT2D eigenvalue weighted by atomic mass is 9.83. The Kier molecular flexibility index (Phi) is 3.51. The first-order valence-electron chi connectivity index (χ1n) is 7.59. The van der Waals surface area contributed by atoms with E-state index in [4.69, 9.17) is 11.6 Å². The third-order valence-corrected chi connectivity index (χ3v) is 4.71. The molecule has 0 unspecified atom stereocenters. The highest BCUT2D eigenvalue weighted by molar-refractivity contribution is 6.32. The Hall–Kier alpha value is -1.89. The van der Waals surface area contributed by atoms with Gasteiger partial charge in [0.1, 0.15) is 5.41 Å². The number of carboxylic acids is 1. The maximum Gasteiger partial charge on any atom is 0.350 e. The molecule has 1 fully saturated rings. The molecule has 2 heterocycles. The first-order chi connectivity index (χ1) is 10.7. The minimum Gasteiger partial charge on any atom is -0.481 e. The van der Waals surface area contributed by atoms with Gasteiger partial charge in [0, 0.05) is 6.20 Å². The fraction of sp³-hybridized carbons (Fsp3) is 0.600. The summed E-state index contributed by atoms with van der Waals surface area (Å²) >= 11 is 6.20. The summed E-state index contributed by atoms with van der Waals surface area (Å²) in [6, 6.07) is 0. The molecule has 0 spiro atoms. The first kappa shape index (κ1) is 16.0. The predicted octanol–water partition coefficient (Wildman–Crippen LogP) is 2.20. The van der Waals surface area contributed by atoms with Gasteiger partial charge in [0.05, 0.1) is 11.2 Å². The van der Waals surface area contributed by atoms with E-state index in [1.54, 1.807) is 0 Å². The molecule has 0 aliphatic heterocycles. The third-order valence-electron chi connectivity index (χ3n) is 4.46. The number of aromatic nitrogens is 4. The van der Waals surface area contributed by atoms with Crippen LogP contribution in [0.4, 0.5) is 0 Å². The van der Waals surface area contributed by atoms with Gasteiger partial charge < -0.3 is 5.11 Å². The molecule has 8 heteroatoms. The largest absolute Gasteiger partial charge is 0.481 e. The second-order valence-corrected chi connectivity index (χ2v) is 7.43. The Labute approximate surface area is 137 Å². The van der Waals surface area contributed by atoms with Crippen LogP contribution in [0.5, 0.6) is 0 Å². The molecule has 0 amide bonds. The molecule has 2 aromatic heterocycles. The number of nitrogens with zero attached hydrogens (tertiary/aromatic N) is 4. The van der Waals surface area contributed by atoms with Crippen LogP contribution in [0.3, 0.4) is 0 Å². The predicted molar refractivity (Wildman–Crippen MR) is 85.0 cm³/mol. The van der Waals surface area contributed by atoms with Gasteiger partial charge in [-0.1, -0.05) is 24.4 Å². The maximum absolute atomic E-state index is 12.6. The van der Waals surface area contributed by atoms with Crippen LogP contribution >= 0.6 is 11.6 Å². The summed E-state index contributed by atoms with van der Waals surface area (Å²) in [5, 5.41) is 14.0. The average Bonchev–Trinajstić information content (AvgIpc) is 3.04. The van der Waals surface area contributed by atoms with Crippen molar-refractivity contribution >= 4 is 23.2 Å². The van der Waals surface area contributed by atoms with E-state index in [2.05, 4.69) is 10.1 Å². The van der Waals surface area contributed by atoms with Crippen LogP contribution in [0.1, 0.15) is 52.1 Å². The Morgan fingerprint density at radius 3 is 2.48 bits per heavy atom. The monoisotopic (exact) mass is 338 g/mol. The van der Waals surface area contributed by atoms with Crippen LogP contribution in [-0.2, 0) is 15.7 Å². The van der Waals surface area contributed by atoms with Gasteiger partial charge in [-0.05, 0) is 33.6 Å². The van der Waals surface area contributed by atoms with Crippen molar-refractivity contribution in [2.75, 3.05) is 0 Å². The minimum absolute atomic E-state index is 0.0510. The normalized spacial score (nSPS) is 17.7. The summed E-state index contributed by atoms with van der Waals surface area (Å²) in [4.78, 5) is 28.7. The van der Waals surface area contributed by atoms with E-state index in [1.807, 2.05) is 20.8 Å². The molecule has 0 radical (unpaired) electrons. The zero-order valence-electron chi connectivity index (χ0n) is 13.3. The van der Waals surface area contributed by atoms with E-state index in [-0.39, 0.29) is 16.5 Å². The lowest BCUT2D eigenvalue weighted by molar-refractivity contribution is -0.143. The van der Waals surface area contributed by atoms with Gasteiger partial charge in [0.25, 0.3) is 0 Å². The summed E-state index contributed by atoms with van der Waals surface area (Å²) in [5.41, 5.74) is -1.35. The maximum atomic E-state index is 12.6. The molecular formula is C15H19ClN4O3. The van der Waals surface area contributed by atoms with E-state index in [1.165, 1.54) is 15.3 Å². The molecule has 124 valence electrons. The van der Waals surface area contributed by atoms with E-state index in [0.29, 0.717) is 18.5 Å².